The highest BCUT2D eigenvalue weighted by atomic mass is 16.5. The minimum absolute atomic E-state index is 0.243. The summed E-state index contributed by atoms with van der Waals surface area (Å²) in [6.45, 7) is 10.9. The summed E-state index contributed by atoms with van der Waals surface area (Å²) in [5.74, 6) is 0.688. The molecule has 0 aromatic heterocycles. The van der Waals surface area contributed by atoms with Crippen LogP contribution in [0, 0.1) is 11.3 Å². The molecule has 0 bridgehead atoms. The quantitative estimate of drug-likeness (QED) is 0.753. The zero-order chi connectivity index (χ0) is 15.1. The number of nitrogens with zero attached hydrogens (tertiary/aromatic N) is 1. The molecular formula is C17H34N2O2. The van der Waals surface area contributed by atoms with Gasteiger partial charge in [-0.05, 0) is 38.3 Å². The number of nitrogens with one attached hydrogen (secondary N) is 1. The van der Waals surface area contributed by atoms with E-state index in [0.717, 1.165) is 52.2 Å². The van der Waals surface area contributed by atoms with E-state index in [0.29, 0.717) is 18.6 Å². The molecule has 0 aromatic rings. The zero-order valence-corrected chi connectivity index (χ0v) is 13.9. The predicted molar refractivity (Wildman–Crippen MR) is 86.5 cm³/mol. The fraction of sp³-hybridized carbons (Fsp3) is 1.00. The Morgan fingerprint density at radius 1 is 1.33 bits per heavy atom. The van der Waals surface area contributed by atoms with E-state index < -0.39 is 0 Å². The van der Waals surface area contributed by atoms with Gasteiger partial charge in [0.1, 0.15) is 0 Å². The Balaban J connectivity index is 1.93. The second kappa shape index (κ2) is 8.47. The van der Waals surface area contributed by atoms with E-state index in [1.54, 1.807) is 0 Å². The molecule has 0 saturated carbocycles. The molecule has 2 aliphatic heterocycles. The van der Waals surface area contributed by atoms with Gasteiger partial charge in [0, 0.05) is 31.2 Å². The van der Waals surface area contributed by atoms with Gasteiger partial charge in [0.25, 0.3) is 0 Å². The molecule has 2 aliphatic rings. The SMILES string of the molecule is CC(C)CNCC1(CN2CCCCCC2CO)CCOC1. The molecule has 4 heteroatoms. The summed E-state index contributed by atoms with van der Waals surface area (Å²) in [5.41, 5.74) is 0.243. The second-order valence-corrected chi connectivity index (χ2v) is 7.48. The van der Waals surface area contributed by atoms with Crippen molar-refractivity contribution in [1.82, 2.24) is 10.2 Å². The molecule has 2 fully saturated rings. The maximum Gasteiger partial charge on any atom is 0.0586 e. The normalized spacial score (nSPS) is 31.7. The van der Waals surface area contributed by atoms with Gasteiger partial charge in [-0.15, -0.1) is 0 Å². The third kappa shape index (κ3) is 5.20. The van der Waals surface area contributed by atoms with Crippen molar-refractivity contribution in [3.05, 3.63) is 0 Å². The van der Waals surface area contributed by atoms with Crippen LogP contribution in [0.25, 0.3) is 0 Å². The maximum absolute atomic E-state index is 9.70. The molecule has 2 heterocycles. The van der Waals surface area contributed by atoms with Crippen LogP contribution in [0.3, 0.4) is 0 Å². The van der Waals surface area contributed by atoms with Crippen LogP contribution in [-0.4, -0.2) is 62.0 Å². The van der Waals surface area contributed by atoms with E-state index in [2.05, 4.69) is 24.1 Å². The first-order chi connectivity index (χ1) is 10.2. The number of rotatable bonds is 7. The smallest absolute Gasteiger partial charge is 0.0586 e. The summed E-state index contributed by atoms with van der Waals surface area (Å²) >= 11 is 0. The standard InChI is InChI=1S/C17H34N2O2/c1-15(2)10-18-12-17(7-9-21-14-17)13-19-8-5-3-4-6-16(19)11-20/h15-16,18,20H,3-14H2,1-2H3. The number of hydrogen-bond acceptors (Lipinski definition) is 4. The van der Waals surface area contributed by atoms with Gasteiger partial charge in [-0.3, -0.25) is 4.90 Å². The molecule has 0 aromatic carbocycles. The topological polar surface area (TPSA) is 44.7 Å². The second-order valence-electron chi connectivity index (χ2n) is 7.48. The summed E-state index contributed by atoms with van der Waals surface area (Å²) < 4.78 is 5.73. The summed E-state index contributed by atoms with van der Waals surface area (Å²) in [4.78, 5) is 2.54. The summed E-state index contributed by atoms with van der Waals surface area (Å²) in [6, 6.07) is 0.357. The van der Waals surface area contributed by atoms with Crippen molar-refractivity contribution in [1.29, 1.82) is 0 Å². The lowest BCUT2D eigenvalue weighted by Crippen LogP contribution is -2.49. The third-order valence-corrected chi connectivity index (χ3v) is 4.99. The molecular weight excluding hydrogens is 264 g/mol. The summed E-state index contributed by atoms with van der Waals surface area (Å²) in [7, 11) is 0. The molecule has 2 atom stereocenters. The van der Waals surface area contributed by atoms with Crippen molar-refractivity contribution >= 4 is 0 Å². The van der Waals surface area contributed by atoms with Crippen molar-refractivity contribution in [2.24, 2.45) is 11.3 Å². The number of aliphatic hydroxyl groups excluding tert-OH is 1. The molecule has 0 radical (unpaired) electrons. The lowest BCUT2D eigenvalue weighted by atomic mass is 9.85. The summed E-state index contributed by atoms with van der Waals surface area (Å²) in [6.07, 6.45) is 6.13. The Bertz CT molecular complexity index is 291. The van der Waals surface area contributed by atoms with E-state index >= 15 is 0 Å². The van der Waals surface area contributed by atoms with Crippen LogP contribution in [0.4, 0.5) is 0 Å². The average molecular weight is 298 g/mol. The van der Waals surface area contributed by atoms with Gasteiger partial charge >= 0.3 is 0 Å². The number of hydrogen-bond donors (Lipinski definition) is 2. The maximum atomic E-state index is 9.70. The van der Waals surface area contributed by atoms with Gasteiger partial charge < -0.3 is 15.2 Å². The van der Waals surface area contributed by atoms with E-state index in [9.17, 15) is 5.11 Å². The van der Waals surface area contributed by atoms with Gasteiger partial charge in [0.15, 0.2) is 0 Å². The van der Waals surface area contributed by atoms with E-state index in [1.807, 2.05) is 0 Å². The van der Waals surface area contributed by atoms with Crippen molar-refractivity contribution in [2.75, 3.05) is 46.0 Å². The average Bonchev–Trinajstić information content (AvgIpc) is 2.78. The monoisotopic (exact) mass is 298 g/mol. The van der Waals surface area contributed by atoms with E-state index in [-0.39, 0.29) is 5.41 Å². The van der Waals surface area contributed by atoms with Crippen molar-refractivity contribution in [2.45, 2.75) is 52.0 Å². The molecule has 21 heavy (non-hydrogen) atoms. The highest BCUT2D eigenvalue weighted by Gasteiger charge is 2.38. The van der Waals surface area contributed by atoms with Crippen LogP contribution >= 0.6 is 0 Å². The van der Waals surface area contributed by atoms with Gasteiger partial charge in [-0.2, -0.15) is 0 Å². The minimum Gasteiger partial charge on any atom is -0.395 e. The number of ether oxygens (including phenoxy) is 1. The summed E-state index contributed by atoms with van der Waals surface area (Å²) in [5, 5.41) is 13.3. The predicted octanol–water partition coefficient (Wildman–Crippen LogP) is 1.88. The van der Waals surface area contributed by atoms with Crippen molar-refractivity contribution < 1.29 is 9.84 Å². The van der Waals surface area contributed by atoms with Crippen LogP contribution < -0.4 is 5.32 Å². The molecule has 2 unspecified atom stereocenters. The Morgan fingerprint density at radius 2 is 2.19 bits per heavy atom. The van der Waals surface area contributed by atoms with Crippen LogP contribution in [0.2, 0.25) is 0 Å². The lowest BCUT2D eigenvalue weighted by Gasteiger charge is -2.37. The van der Waals surface area contributed by atoms with Crippen molar-refractivity contribution in [3.8, 4) is 0 Å². The fourth-order valence-electron chi connectivity index (χ4n) is 3.68. The van der Waals surface area contributed by atoms with E-state index in [4.69, 9.17) is 4.74 Å². The Labute approximate surface area is 130 Å². The molecule has 0 amide bonds. The molecule has 0 spiro atoms. The highest BCUT2D eigenvalue weighted by molar-refractivity contribution is 4.91. The van der Waals surface area contributed by atoms with E-state index in [1.165, 1.54) is 19.3 Å². The molecule has 2 rings (SSSR count). The highest BCUT2D eigenvalue weighted by Crippen LogP contribution is 2.31. The Kier molecular flexibility index (Phi) is 6.93. The first kappa shape index (κ1) is 17.2. The van der Waals surface area contributed by atoms with Gasteiger partial charge in [-0.1, -0.05) is 26.7 Å². The molecule has 0 aliphatic carbocycles. The van der Waals surface area contributed by atoms with Crippen LogP contribution in [0.5, 0.6) is 0 Å². The fourth-order valence-corrected chi connectivity index (χ4v) is 3.68. The van der Waals surface area contributed by atoms with Crippen LogP contribution in [0.1, 0.15) is 46.0 Å². The molecule has 4 nitrogen and oxygen atoms in total. The lowest BCUT2D eigenvalue weighted by molar-refractivity contribution is 0.0619. The van der Waals surface area contributed by atoms with Gasteiger partial charge in [0.2, 0.25) is 0 Å². The minimum atomic E-state index is 0.243. The Hall–Kier alpha value is -0.160. The molecule has 124 valence electrons. The number of aliphatic hydroxyl groups is 1. The van der Waals surface area contributed by atoms with Crippen LogP contribution in [-0.2, 0) is 4.74 Å². The van der Waals surface area contributed by atoms with Crippen LogP contribution in [0.15, 0.2) is 0 Å². The van der Waals surface area contributed by atoms with Crippen molar-refractivity contribution in [3.63, 3.8) is 0 Å². The zero-order valence-electron chi connectivity index (χ0n) is 13.9. The largest absolute Gasteiger partial charge is 0.395 e. The first-order valence-electron chi connectivity index (χ1n) is 8.78. The molecule has 2 N–H and O–H groups in total. The Morgan fingerprint density at radius 3 is 2.86 bits per heavy atom. The third-order valence-electron chi connectivity index (χ3n) is 4.99. The van der Waals surface area contributed by atoms with Gasteiger partial charge in [-0.25, -0.2) is 0 Å². The molecule has 2 saturated heterocycles. The first-order valence-corrected chi connectivity index (χ1v) is 8.78. The number of likely N-dealkylation sites (tertiary alicyclic amines) is 1. The van der Waals surface area contributed by atoms with Gasteiger partial charge in [0.05, 0.1) is 13.2 Å².